The minimum absolute atomic E-state index is 0.00389. The number of aryl methyl sites for hydroxylation is 2. The summed E-state index contributed by atoms with van der Waals surface area (Å²) in [6.45, 7) is 7.90. The van der Waals surface area contributed by atoms with Gasteiger partial charge in [0.05, 0.1) is 17.4 Å². The number of para-hydroxylation sites is 1. The number of benzene rings is 1. The van der Waals surface area contributed by atoms with Crippen molar-refractivity contribution in [1.29, 1.82) is 0 Å². The molecule has 0 fully saturated rings. The molecule has 0 aliphatic carbocycles. The lowest BCUT2D eigenvalue weighted by Gasteiger charge is -2.37. The standard InChI is InChI=1S/C21H27ClN4O/c1-5-17(25-21-19(22)18(6-2)23-12-24-21)16-9-7-8-15-11-10-13(3)26(14(4)27)20(15)16/h7-9,12-13,17H,5-6,10-11H2,1-4H3,(H,23,24,25). The van der Waals surface area contributed by atoms with Gasteiger partial charge in [-0.25, -0.2) is 9.97 Å². The van der Waals surface area contributed by atoms with Crippen LogP contribution in [0.2, 0.25) is 5.02 Å². The van der Waals surface area contributed by atoms with E-state index < -0.39 is 0 Å². The number of fused-ring (bicyclic) bond motifs is 1. The lowest BCUT2D eigenvalue weighted by molar-refractivity contribution is -0.117. The number of hydrogen-bond acceptors (Lipinski definition) is 4. The largest absolute Gasteiger partial charge is 0.362 e. The van der Waals surface area contributed by atoms with E-state index in [-0.39, 0.29) is 18.0 Å². The van der Waals surface area contributed by atoms with E-state index in [0.29, 0.717) is 10.8 Å². The highest BCUT2D eigenvalue weighted by Crippen LogP contribution is 2.39. The predicted molar refractivity (Wildman–Crippen MR) is 110 cm³/mol. The Balaban J connectivity index is 2.04. The Labute approximate surface area is 166 Å². The third-order valence-electron chi connectivity index (χ3n) is 5.29. The van der Waals surface area contributed by atoms with Crippen LogP contribution in [0, 0.1) is 0 Å². The Hall–Kier alpha value is -2.14. The number of aromatic nitrogens is 2. The van der Waals surface area contributed by atoms with Gasteiger partial charge in [0.2, 0.25) is 5.91 Å². The summed E-state index contributed by atoms with van der Waals surface area (Å²) in [5, 5.41) is 4.06. The summed E-state index contributed by atoms with van der Waals surface area (Å²) in [7, 11) is 0. The molecule has 1 aliphatic heterocycles. The summed E-state index contributed by atoms with van der Waals surface area (Å²) in [4.78, 5) is 22.9. The van der Waals surface area contributed by atoms with E-state index in [1.807, 2.05) is 11.8 Å². The molecule has 2 atom stereocenters. The molecule has 2 heterocycles. The van der Waals surface area contributed by atoms with Gasteiger partial charge in [0, 0.05) is 13.0 Å². The summed E-state index contributed by atoms with van der Waals surface area (Å²) in [5.41, 5.74) is 4.22. The molecule has 0 radical (unpaired) electrons. The summed E-state index contributed by atoms with van der Waals surface area (Å²) in [5.74, 6) is 0.727. The molecule has 0 saturated carbocycles. The zero-order valence-corrected chi connectivity index (χ0v) is 17.2. The fraction of sp³-hybridized carbons (Fsp3) is 0.476. The van der Waals surface area contributed by atoms with Crippen molar-refractivity contribution < 1.29 is 4.79 Å². The van der Waals surface area contributed by atoms with Gasteiger partial charge < -0.3 is 10.2 Å². The van der Waals surface area contributed by atoms with Crippen LogP contribution < -0.4 is 10.2 Å². The fourth-order valence-electron chi connectivity index (χ4n) is 3.89. The molecule has 1 aromatic heterocycles. The molecule has 144 valence electrons. The van der Waals surface area contributed by atoms with E-state index in [1.165, 1.54) is 5.56 Å². The first-order valence-electron chi connectivity index (χ1n) is 9.65. The van der Waals surface area contributed by atoms with Gasteiger partial charge in [0.15, 0.2) is 0 Å². The number of nitrogens with one attached hydrogen (secondary N) is 1. The number of anilines is 2. The molecule has 1 aromatic carbocycles. The lowest BCUT2D eigenvalue weighted by Crippen LogP contribution is -2.41. The quantitative estimate of drug-likeness (QED) is 0.790. The Kier molecular flexibility index (Phi) is 6.00. The summed E-state index contributed by atoms with van der Waals surface area (Å²) >= 11 is 6.49. The van der Waals surface area contributed by atoms with Crippen molar-refractivity contribution in [2.24, 2.45) is 0 Å². The molecule has 6 heteroatoms. The first kappa shape index (κ1) is 19.6. The lowest BCUT2D eigenvalue weighted by atomic mass is 9.90. The second kappa shape index (κ2) is 8.26. The Bertz CT molecular complexity index is 839. The molecule has 0 saturated heterocycles. The molecule has 0 bridgehead atoms. The van der Waals surface area contributed by atoms with Gasteiger partial charge >= 0.3 is 0 Å². The maximum Gasteiger partial charge on any atom is 0.224 e. The summed E-state index contributed by atoms with van der Waals surface area (Å²) < 4.78 is 0. The number of halogens is 1. The Morgan fingerprint density at radius 3 is 2.81 bits per heavy atom. The van der Waals surface area contributed by atoms with Crippen LogP contribution in [0.3, 0.4) is 0 Å². The third-order valence-corrected chi connectivity index (χ3v) is 5.69. The van der Waals surface area contributed by atoms with Crippen LogP contribution >= 0.6 is 11.6 Å². The van der Waals surface area contributed by atoms with Gasteiger partial charge in [-0.1, -0.05) is 43.6 Å². The molecule has 27 heavy (non-hydrogen) atoms. The molecular formula is C21H27ClN4O. The highest BCUT2D eigenvalue weighted by Gasteiger charge is 2.30. The van der Waals surface area contributed by atoms with Gasteiger partial charge in [-0.2, -0.15) is 0 Å². The molecule has 5 nitrogen and oxygen atoms in total. The zero-order valence-electron chi connectivity index (χ0n) is 16.4. The van der Waals surface area contributed by atoms with Crippen molar-refractivity contribution in [2.45, 2.75) is 65.5 Å². The number of hydrogen-bond donors (Lipinski definition) is 1. The average Bonchev–Trinajstić information content (AvgIpc) is 2.66. The van der Waals surface area contributed by atoms with E-state index in [9.17, 15) is 4.79 Å². The SMILES string of the molecule is CCc1ncnc(NC(CC)c2cccc3c2N(C(C)=O)C(C)CC3)c1Cl. The number of carbonyl (C=O) groups excluding carboxylic acids is 1. The molecule has 1 amide bonds. The van der Waals surface area contributed by atoms with Crippen LogP contribution in [0.4, 0.5) is 11.5 Å². The maximum atomic E-state index is 12.4. The monoisotopic (exact) mass is 386 g/mol. The fourth-order valence-corrected chi connectivity index (χ4v) is 4.17. The Morgan fingerprint density at radius 2 is 2.15 bits per heavy atom. The van der Waals surface area contributed by atoms with Crippen LogP contribution in [0.5, 0.6) is 0 Å². The van der Waals surface area contributed by atoms with Crippen molar-refractivity contribution in [3.05, 3.63) is 46.4 Å². The smallest absolute Gasteiger partial charge is 0.224 e. The summed E-state index contributed by atoms with van der Waals surface area (Å²) in [6.07, 6.45) is 5.11. The van der Waals surface area contributed by atoms with Gasteiger partial charge in [0.1, 0.15) is 17.2 Å². The molecule has 0 spiro atoms. The highest BCUT2D eigenvalue weighted by atomic mass is 35.5. The van der Waals surface area contributed by atoms with Crippen molar-refractivity contribution in [3.63, 3.8) is 0 Å². The van der Waals surface area contributed by atoms with Gasteiger partial charge in [-0.05, 0) is 43.7 Å². The van der Waals surface area contributed by atoms with Crippen molar-refractivity contribution >= 4 is 29.0 Å². The average molecular weight is 387 g/mol. The topological polar surface area (TPSA) is 58.1 Å². The van der Waals surface area contributed by atoms with Gasteiger partial charge in [-0.15, -0.1) is 0 Å². The highest BCUT2D eigenvalue weighted by molar-refractivity contribution is 6.33. The van der Waals surface area contributed by atoms with Crippen LogP contribution in [-0.4, -0.2) is 21.9 Å². The van der Waals surface area contributed by atoms with E-state index in [4.69, 9.17) is 11.6 Å². The van der Waals surface area contributed by atoms with Gasteiger partial charge in [0.25, 0.3) is 0 Å². The van der Waals surface area contributed by atoms with Gasteiger partial charge in [-0.3, -0.25) is 4.79 Å². The molecule has 2 aromatic rings. The second-order valence-electron chi connectivity index (χ2n) is 7.07. The first-order valence-corrected chi connectivity index (χ1v) is 10.0. The van der Waals surface area contributed by atoms with Crippen molar-refractivity contribution in [2.75, 3.05) is 10.2 Å². The molecule has 1 N–H and O–H groups in total. The first-order chi connectivity index (χ1) is 13.0. The summed E-state index contributed by atoms with van der Waals surface area (Å²) in [6, 6.07) is 6.50. The molecule has 1 aliphatic rings. The molecular weight excluding hydrogens is 360 g/mol. The van der Waals surface area contributed by atoms with Crippen molar-refractivity contribution in [3.8, 4) is 0 Å². The molecule has 2 unspecified atom stereocenters. The van der Waals surface area contributed by atoms with E-state index in [1.54, 1.807) is 13.3 Å². The van der Waals surface area contributed by atoms with Crippen LogP contribution in [0.25, 0.3) is 0 Å². The number of rotatable bonds is 5. The van der Waals surface area contributed by atoms with E-state index in [0.717, 1.165) is 42.6 Å². The van der Waals surface area contributed by atoms with Crippen LogP contribution in [0.15, 0.2) is 24.5 Å². The van der Waals surface area contributed by atoms with Crippen LogP contribution in [0.1, 0.15) is 63.4 Å². The zero-order chi connectivity index (χ0) is 19.6. The normalized spacial score (nSPS) is 17.4. The predicted octanol–water partition coefficient (Wildman–Crippen LogP) is 4.94. The minimum atomic E-state index is 0.00389. The number of nitrogens with zero attached hydrogens (tertiary/aromatic N) is 3. The number of carbonyl (C=O) groups is 1. The van der Waals surface area contributed by atoms with Crippen molar-refractivity contribution in [1.82, 2.24) is 9.97 Å². The van der Waals surface area contributed by atoms with E-state index >= 15 is 0 Å². The van der Waals surface area contributed by atoms with E-state index in [2.05, 4.69) is 47.3 Å². The maximum absolute atomic E-state index is 12.4. The molecule has 3 rings (SSSR count). The minimum Gasteiger partial charge on any atom is -0.362 e. The number of amides is 1. The van der Waals surface area contributed by atoms with Crippen LogP contribution in [-0.2, 0) is 17.6 Å². The second-order valence-corrected chi connectivity index (χ2v) is 7.45. The third kappa shape index (κ3) is 3.79. The Morgan fingerprint density at radius 1 is 1.37 bits per heavy atom.